The average Bonchev–Trinajstić information content (AvgIpc) is 2.09. The van der Waals surface area contributed by atoms with E-state index in [0.29, 0.717) is 0 Å². The molecule has 1 aromatic carbocycles. The molecule has 72 valence electrons. The van der Waals surface area contributed by atoms with E-state index in [1.54, 1.807) is 0 Å². The van der Waals surface area contributed by atoms with Crippen LogP contribution in [-0.4, -0.2) is 11.7 Å². The zero-order valence-electron chi connectivity index (χ0n) is 6.65. The summed E-state index contributed by atoms with van der Waals surface area (Å²) >= 11 is 2.80. The van der Waals surface area contributed by atoms with Crippen LogP contribution in [0.5, 0.6) is 5.75 Å². The summed E-state index contributed by atoms with van der Waals surface area (Å²) in [5, 5.41) is 9.02. The Morgan fingerprint density at radius 2 is 2.08 bits per heavy atom. The van der Waals surface area contributed by atoms with Crippen LogP contribution >= 0.6 is 15.9 Å². The highest BCUT2D eigenvalue weighted by molar-refractivity contribution is 9.10. The van der Waals surface area contributed by atoms with Crippen molar-refractivity contribution in [2.75, 3.05) is 6.54 Å². The summed E-state index contributed by atoms with van der Waals surface area (Å²) in [4.78, 5) is 0. The smallest absolute Gasteiger partial charge is 0.147 e. The number of rotatable bonds is 2. The van der Waals surface area contributed by atoms with E-state index >= 15 is 0 Å². The minimum atomic E-state index is -0.789. The molecule has 0 bridgehead atoms. The van der Waals surface area contributed by atoms with Gasteiger partial charge >= 0.3 is 0 Å². The number of hydrogen-bond acceptors (Lipinski definition) is 2. The molecule has 0 saturated heterocycles. The fourth-order valence-corrected chi connectivity index (χ4v) is 1.35. The number of hydrogen-bond donors (Lipinski definition) is 2. The lowest BCUT2D eigenvalue weighted by molar-refractivity contribution is 0.451. The summed E-state index contributed by atoms with van der Waals surface area (Å²) in [7, 11) is 0. The number of aromatic hydroxyl groups is 1. The first-order valence-corrected chi connectivity index (χ1v) is 4.42. The summed E-state index contributed by atoms with van der Waals surface area (Å²) in [6, 6.07) is 0.859. The third-order valence-corrected chi connectivity index (χ3v) is 2.38. The summed E-state index contributed by atoms with van der Waals surface area (Å²) in [5.74, 6) is -2.01. The van der Waals surface area contributed by atoms with Gasteiger partial charge in [-0.3, -0.25) is 0 Å². The molecule has 0 spiro atoms. The van der Waals surface area contributed by atoms with Crippen molar-refractivity contribution in [3.05, 3.63) is 27.7 Å². The zero-order valence-corrected chi connectivity index (χ0v) is 8.24. The Hall–Kier alpha value is -0.680. The van der Waals surface area contributed by atoms with Crippen LogP contribution in [0.1, 0.15) is 5.56 Å². The molecule has 0 saturated carbocycles. The predicted octanol–water partition coefficient (Wildman–Crippen LogP) is 1.93. The Kier molecular flexibility index (Phi) is 3.22. The van der Waals surface area contributed by atoms with E-state index in [-0.39, 0.29) is 23.0 Å². The molecule has 0 aliphatic carbocycles. The summed E-state index contributed by atoms with van der Waals surface area (Å²) < 4.78 is 26.1. The molecule has 1 aromatic rings. The molecule has 0 amide bonds. The van der Waals surface area contributed by atoms with Gasteiger partial charge in [0.2, 0.25) is 0 Å². The van der Waals surface area contributed by atoms with E-state index in [0.717, 1.165) is 6.07 Å². The second-order valence-corrected chi connectivity index (χ2v) is 3.32. The van der Waals surface area contributed by atoms with Gasteiger partial charge in [-0.15, -0.1) is 0 Å². The monoisotopic (exact) mass is 251 g/mol. The number of benzene rings is 1. The van der Waals surface area contributed by atoms with Gasteiger partial charge in [0.15, 0.2) is 0 Å². The lowest BCUT2D eigenvalue weighted by Crippen LogP contribution is -2.07. The van der Waals surface area contributed by atoms with Crippen molar-refractivity contribution in [3.8, 4) is 5.75 Å². The van der Waals surface area contributed by atoms with Crippen molar-refractivity contribution in [3.63, 3.8) is 0 Å². The van der Waals surface area contributed by atoms with Gasteiger partial charge in [-0.25, -0.2) is 8.78 Å². The first-order valence-electron chi connectivity index (χ1n) is 3.63. The van der Waals surface area contributed by atoms with Gasteiger partial charge in [-0.2, -0.15) is 0 Å². The molecule has 0 aliphatic rings. The fraction of sp³-hybridized carbons (Fsp3) is 0.250. The van der Waals surface area contributed by atoms with Crippen LogP contribution in [0.4, 0.5) is 8.78 Å². The normalized spacial score (nSPS) is 10.5. The standard InChI is InChI=1S/C8H8BrF2NO/c9-7-6(13)3-5(10)4(1-2-12)8(7)11/h3,13H,1-2,12H2. The highest BCUT2D eigenvalue weighted by atomic mass is 79.9. The maximum absolute atomic E-state index is 13.2. The molecule has 0 radical (unpaired) electrons. The first kappa shape index (κ1) is 10.4. The van der Waals surface area contributed by atoms with Crippen LogP contribution < -0.4 is 5.73 Å². The van der Waals surface area contributed by atoms with E-state index in [1.165, 1.54) is 0 Å². The van der Waals surface area contributed by atoms with Crippen molar-refractivity contribution >= 4 is 15.9 Å². The second kappa shape index (κ2) is 4.02. The lowest BCUT2D eigenvalue weighted by Gasteiger charge is -2.06. The van der Waals surface area contributed by atoms with Crippen molar-refractivity contribution in [1.29, 1.82) is 0 Å². The Morgan fingerprint density at radius 3 is 2.62 bits per heavy atom. The van der Waals surface area contributed by atoms with E-state index < -0.39 is 17.4 Å². The molecule has 5 heteroatoms. The highest BCUT2D eigenvalue weighted by Gasteiger charge is 2.15. The number of phenolic OH excluding ortho intramolecular Hbond substituents is 1. The van der Waals surface area contributed by atoms with Gasteiger partial charge in [-0.05, 0) is 28.9 Å². The lowest BCUT2D eigenvalue weighted by atomic mass is 10.1. The van der Waals surface area contributed by atoms with E-state index in [2.05, 4.69) is 15.9 Å². The van der Waals surface area contributed by atoms with E-state index in [9.17, 15) is 8.78 Å². The van der Waals surface area contributed by atoms with E-state index in [1.807, 2.05) is 0 Å². The van der Waals surface area contributed by atoms with Crippen LogP contribution in [0.3, 0.4) is 0 Å². The van der Waals surface area contributed by atoms with Gasteiger partial charge in [-0.1, -0.05) is 0 Å². The Bertz CT molecular complexity index is 330. The molecular weight excluding hydrogens is 244 g/mol. The molecule has 3 N–H and O–H groups in total. The van der Waals surface area contributed by atoms with Crippen LogP contribution in [0.2, 0.25) is 0 Å². The molecule has 2 nitrogen and oxygen atoms in total. The topological polar surface area (TPSA) is 46.2 Å². The van der Waals surface area contributed by atoms with Crippen LogP contribution in [-0.2, 0) is 6.42 Å². The maximum Gasteiger partial charge on any atom is 0.147 e. The van der Waals surface area contributed by atoms with Crippen molar-refractivity contribution in [2.24, 2.45) is 5.73 Å². The Morgan fingerprint density at radius 1 is 1.46 bits per heavy atom. The summed E-state index contributed by atoms with van der Waals surface area (Å²) in [6.45, 7) is 0.158. The summed E-state index contributed by atoms with van der Waals surface area (Å²) in [6.07, 6.45) is 0.108. The molecule has 0 unspecified atom stereocenters. The molecule has 0 heterocycles. The quantitative estimate of drug-likeness (QED) is 0.790. The SMILES string of the molecule is NCCc1c(F)cc(O)c(Br)c1F. The van der Waals surface area contributed by atoms with Crippen molar-refractivity contribution < 1.29 is 13.9 Å². The number of nitrogens with two attached hydrogens (primary N) is 1. The first-order chi connectivity index (χ1) is 6.07. The molecule has 13 heavy (non-hydrogen) atoms. The molecule has 0 aromatic heterocycles. The van der Waals surface area contributed by atoms with Gasteiger partial charge in [0.25, 0.3) is 0 Å². The minimum Gasteiger partial charge on any atom is -0.507 e. The Labute approximate surface area is 82.5 Å². The van der Waals surface area contributed by atoms with Gasteiger partial charge in [0.05, 0.1) is 4.47 Å². The van der Waals surface area contributed by atoms with Crippen molar-refractivity contribution in [1.82, 2.24) is 0 Å². The van der Waals surface area contributed by atoms with Crippen LogP contribution in [0.15, 0.2) is 10.5 Å². The largest absolute Gasteiger partial charge is 0.507 e. The Balaban J connectivity index is 3.26. The number of phenols is 1. The zero-order chi connectivity index (χ0) is 10.0. The van der Waals surface area contributed by atoms with Crippen LogP contribution in [0, 0.1) is 11.6 Å². The van der Waals surface area contributed by atoms with Crippen LogP contribution in [0.25, 0.3) is 0 Å². The summed E-state index contributed by atoms with van der Waals surface area (Å²) in [5.41, 5.74) is 5.07. The molecule has 0 aliphatic heterocycles. The van der Waals surface area contributed by atoms with E-state index in [4.69, 9.17) is 10.8 Å². The highest BCUT2D eigenvalue weighted by Crippen LogP contribution is 2.30. The molecule has 0 fully saturated rings. The molecule has 1 rings (SSSR count). The third-order valence-electron chi connectivity index (χ3n) is 1.63. The molecular formula is C8H8BrF2NO. The fourth-order valence-electron chi connectivity index (χ4n) is 0.994. The number of halogens is 3. The van der Waals surface area contributed by atoms with Crippen molar-refractivity contribution in [2.45, 2.75) is 6.42 Å². The average molecular weight is 252 g/mol. The van der Waals surface area contributed by atoms with Gasteiger partial charge in [0.1, 0.15) is 17.4 Å². The minimum absolute atomic E-state index is 0.104. The second-order valence-electron chi connectivity index (χ2n) is 2.52. The molecule has 0 atom stereocenters. The maximum atomic E-state index is 13.2. The predicted molar refractivity (Wildman–Crippen MR) is 48.5 cm³/mol. The van der Waals surface area contributed by atoms with Gasteiger partial charge < -0.3 is 10.8 Å². The third kappa shape index (κ3) is 1.97. The van der Waals surface area contributed by atoms with Gasteiger partial charge in [0, 0.05) is 11.6 Å².